The topological polar surface area (TPSA) is 78.4 Å². The summed E-state index contributed by atoms with van der Waals surface area (Å²) in [7, 11) is 0. The van der Waals surface area contributed by atoms with Crippen molar-refractivity contribution in [3.8, 4) is 0 Å². The number of carbonyl (C=O) groups is 2. The van der Waals surface area contributed by atoms with Gasteiger partial charge in [0.05, 0.1) is 0 Å². The molecule has 1 fully saturated rings. The van der Waals surface area contributed by atoms with Crippen molar-refractivity contribution in [2.75, 3.05) is 5.32 Å². The van der Waals surface area contributed by atoms with Crippen LogP contribution in [0.1, 0.15) is 30.4 Å². The second-order valence-corrected chi connectivity index (χ2v) is 5.07. The van der Waals surface area contributed by atoms with Crippen molar-refractivity contribution < 1.29 is 14.7 Å². The van der Waals surface area contributed by atoms with Crippen molar-refractivity contribution in [2.45, 2.75) is 38.6 Å². The molecule has 2 amide bonds. The molecule has 19 heavy (non-hydrogen) atoms. The number of hydrogen-bond donors (Lipinski definition) is 3. The highest BCUT2D eigenvalue weighted by atomic mass is 16.4. The van der Waals surface area contributed by atoms with E-state index in [1.807, 2.05) is 26.0 Å². The zero-order chi connectivity index (χ0) is 14.0. The molecule has 1 aliphatic carbocycles. The molecule has 2 rings (SSSR count). The molecule has 3 N–H and O–H groups in total. The first-order valence-electron chi connectivity index (χ1n) is 6.33. The summed E-state index contributed by atoms with van der Waals surface area (Å²) in [5.41, 5.74) is 1.68. The number of hydrogen-bond acceptors (Lipinski definition) is 2. The first-order chi connectivity index (χ1) is 8.94. The number of rotatable bonds is 3. The Balaban J connectivity index is 2.06. The van der Waals surface area contributed by atoms with E-state index in [4.69, 9.17) is 5.11 Å². The van der Waals surface area contributed by atoms with Crippen molar-refractivity contribution in [1.29, 1.82) is 0 Å². The Hall–Kier alpha value is -2.04. The highest BCUT2D eigenvalue weighted by Crippen LogP contribution is 2.32. The maximum absolute atomic E-state index is 11.9. The van der Waals surface area contributed by atoms with Gasteiger partial charge in [0.25, 0.3) is 0 Å². The van der Waals surface area contributed by atoms with Gasteiger partial charge in [0.1, 0.15) is 5.54 Å². The summed E-state index contributed by atoms with van der Waals surface area (Å²) in [5.74, 6) is -0.963. The quantitative estimate of drug-likeness (QED) is 0.782. The summed E-state index contributed by atoms with van der Waals surface area (Å²) in [6.45, 7) is 3.88. The first kappa shape index (κ1) is 13.4. The lowest BCUT2D eigenvalue weighted by Gasteiger charge is -2.38. The molecule has 5 nitrogen and oxygen atoms in total. The molecule has 0 aliphatic heterocycles. The van der Waals surface area contributed by atoms with Crippen molar-refractivity contribution in [3.63, 3.8) is 0 Å². The minimum atomic E-state index is -1.08. The third-order valence-corrected chi connectivity index (χ3v) is 3.82. The Bertz CT molecular complexity index is 521. The third kappa shape index (κ3) is 2.54. The molecular weight excluding hydrogens is 244 g/mol. The number of anilines is 1. The van der Waals surface area contributed by atoms with Crippen LogP contribution in [0.3, 0.4) is 0 Å². The molecule has 102 valence electrons. The summed E-state index contributed by atoms with van der Waals surface area (Å²) < 4.78 is 0. The first-order valence-corrected chi connectivity index (χ1v) is 6.33. The molecule has 1 saturated carbocycles. The van der Waals surface area contributed by atoms with Crippen molar-refractivity contribution in [1.82, 2.24) is 5.32 Å². The van der Waals surface area contributed by atoms with E-state index in [0.717, 1.165) is 17.5 Å². The fraction of sp³-hybridized carbons (Fsp3) is 0.429. The van der Waals surface area contributed by atoms with Gasteiger partial charge in [0, 0.05) is 5.69 Å². The predicted molar refractivity (Wildman–Crippen MR) is 72.3 cm³/mol. The van der Waals surface area contributed by atoms with Gasteiger partial charge in [-0.05, 0) is 50.3 Å². The number of carboxylic acids is 1. The predicted octanol–water partition coefficient (Wildman–Crippen LogP) is 2.43. The zero-order valence-corrected chi connectivity index (χ0v) is 11.1. The van der Waals surface area contributed by atoms with Gasteiger partial charge in [-0.2, -0.15) is 0 Å². The summed E-state index contributed by atoms with van der Waals surface area (Å²) in [4.78, 5) is 23.1. The highest BCUT2D eigenvalue weighted by Gasteiger charge is 2.45. The number of aryl methyl sites for hydroxylation is 1. The monoisotopic (exact) mass is 262 g/mol. The van der Waals surface area contributed by atoms with Crippen LogP contribution in [0.15, 0.2) is 18.2 Å². The van der Waals surface area contributed by atoms with Gasteiger partial charge >= 0.3 is 12.0 Å². The van der Waals surface area contributed by atoms with E-state index in [1.54, 1.807) is 6.07 Å². The van der Waals surface area contributed by atoms with Crippen LogP contribution >= 0.6 is 0 Å². The van der Waals surface area contributed by atoms with E-state index >= 15 is 0 Å². The summed E-state index contributed by atoms with van der Waals surface area (Å²) in [5, 5.41) is 14.4. The Morgan fingerprint density at radius 3 is 2.47 bits per heavy atom. The molecule has 5 heteroatoms. The lowest BCUT2D eigenvalue weighted by atomic mass is 9.77. The normalized spacial score (nSPS) is 16.3. The Labute approximate surface area is 112 Å². The molecule has 1 aromatic carbocycles. The van der Waals surface area contributed by atoms with Gasteiger partial charge in [-0.25, -0.2) is 9.59 Å². The number of amides is 2. The van der Waals surface area contributed by atoms with Crippen molar-refractivity contribution >= 4 is 17.7 Å². The van der Waals surface area contributed by atoms with Gasteiger partial charge in [0.15, 0.2) is 0 Å². The van der Waals surface area contributed by atoms with Gasteiger partial charge in [0.2, 0.25) is 0 Å². The lowest BCUT2D eigenvalue weighted by Crippen LogP contribution is -2.60. The summed E-state index contributed by atoms with van der Waals surface area (Å²) >= 11 is 0. The van der Waals surface area contributed by atoms with Gasteiger partial charge in [-0.1, -0.05) is 12.1 Å². The van der Waals surface area contributed by atoms with Crippen LogP contribution in [0.5, 0.6) is 0 Å². The fourth-order valence-corrected chi connectivity index (χ4v) is 2.18. The molecule has 0 aromatic heterocycles. The zero-order valence-electron chi connectivity index (χ0n) is 11.1. The molecule has 0 saturated heterocycles. The van der Waals surface area contributed by atoms with E-state index in [1.165, 1.54) is 0 Å². The molecular formula is C14H18N2O3. The van der Waals surface area contributed by atoms with E-state index in [9.17, 15) is 9.59 Å². The molecule has 0 bridgehead atoms. The minimum absolute atomic E-state index is 0.462. The second-order valence-electron chi connectivity index (χ2n) is 5.07. The van der Waals surface area contributed by atoms with Crippen LogP contribution in [-0.4, -0.2) is 22.6 Å². The van der Waals surface area contributed by atoms with Crippen LogP contribution in [0.4, 0.5) is 10.5 Å². The molecule has 0 atom stereocenters. The van der Waals surface area contributed by atoms with E-state index in [0.29, 0.717) is 18.5 Å². The minimum Gasteiger partial charge on any atom is -0.480 e. The second kappa shape index (κ2) is 4.91. The van der Waals surface area contributed by atoms with E-state index < -0.39 is 17.5 Å². The number of urea groups is 1. The van der Waals surface area contributed by atoms with E-state index in [2.05, 4.69) is 10.6 Å². The smallest absolute Gasteiger partial charge is 0.329 e. The Morgan fingerprint density at radius 2 is 1.95 bits per heavy atom. The number of carboxylic acid groups (broad SMARTS) is 1. The maximum Gasteiger partial charge on any atom is 0.329 e. The van der Waals surface area contributed by atoms with Gasteiger partial charge in [-0.15, -0.1) is 0 Å². The molecule has 1 aromatic rings. The van der Waals surface area contributed by atoms with Gasteiger partial charge in [-0.3, -0.25) is 0 Å². The number of nitrogens with one attached hydrogen (secondary N) is 2. The summed E-state index contributed by atoms with van der Waals surface area (Å²) in [6, 6.07) is 5.16. The van der Waals surface area contributed by atoms with Gasteiger partial charge < -0.3 is 15.7 Å². The largest absolute Gasteiger partial charge is 0.480 e. The van der Waals surface area contributed by atoms with Crippen LogP contribution in [0.2, 0.25) is 0 Å². The average Bonchev–Trinajstić information content (AvgIpc) is 2.29. The van der Waals surface area contributed by atoms with Crippen molar-refractivity contribution in [2.24, 2.45) is 0 Å². The molecule has 0 unspecified atom stereocenters. The SMILES string of the molecule is Cc1cccc(NC(=O)NC2(C(=O)O)CCC2)c1C. The molecule has 1 aliphatic rings. The standard InChI is InChI=1S/C14H18N2O3/c1-9-5-3-6-11(10(9)2)15-13(19)16-14(12(17)18)7-4-8-14/h3,5-6H,4,7-8H2,1-2H3,(H,17,18)(H2,15,16,19). The molecule has 0 radical (unpaired) electrons. The van der Waals surface area contributed by atoms with Crippen LogP contribution in [0.25, 0.3) is 0 Å². The number of benzene rings is 1. The highest BCUT2D eigenvalue weighted by molar-refractivity contribution is 5.94. The maximum atomic E-state index is 11.9. The molecule has 0 heterocycles. The lowest BCUT2D eigenvalue weighted by molar-refractivity contribution is -0.148. The molecule has 0 spiro atoms. The fourth-order valence-electron chi connectivity index (χ4n) is 2.18. The number of carbonyl (C=O) groups excluding carboxylic acids is 1. The van der Waals surface area contributed by atoms with Crippen molar-refractivity contribution in [3.05, 3.63) is 29.3 Å². The third-order valence-electron chi connectivity index (χ3n) is 3.82. The van der Waals surface area contributed by atoms with E-state index in [-0.39, 0.29) is 0 Å². The summed E-state index contributed by atoms with van der Waals surface area (Å²) in [6.07, 6.45) is 1.81. The Morgan fingerprint density at radius 1 is 1.26 bits per heavy atom. The number of aliphatic carboxylic acids is 1. The van der Waals surface area contributed by atoms with Crippen LogP contribution in [-0.2, 0) is 4.79 Å². The Kier molecular flexibility index (Phi) is 3.46. The average molecular weight is 262 g/mol. The van der Waals surface area contributed by atoms with Crippen LogP contribution in [0, 0.1) is 13.8 Å². The van der Waals surface area contributed by atoms with Crippen LogP contribution < -0.4 is 10.6 Å².